The molecular formula is C15H28N2O3. The van der Waals surface area contributed by atoms with Gasteiger partial charge in [-0.15, -0.1) is 0 Å². The Hall–Kier alpha value is -1.26. The lowest BCUT2D eigenvalue weighted by atomic mass is 9.81. The molecule has 1 saturated carbocycles. The van der Waals surface area contributed by atoms with Crippen molar-refractivity contribution in [3.8, 4) is 0 Å². The van der Waals surface area contributed by atoms with Gasteiger partial charge in [-0.05, 0) is 45.4 Å². The monoisotopic (exact) mass is 284 g/mol. The number of hydrogen-bond donors (Lipinski definition) is 2. The first-order valence-electron chi connectivity index (χ1n) is 7.38. The van der Waals surface area contributed by atoms with Gasteiger partial charge in [0.15, 0.2) is 0 Å². The van der Waals surface area contributed by atoms with E-state index in [4.69, 9.17) is 4.74 Å². The summed E-state index contributed by atoms with van der Waals surface area (Å²) in [4.78, 5) is 24.0. The Bertz CT molecular complexity index is 355. The van der Waals surface area contributed by atoms with E-state index in [0.717, 1.165) is 12.8 Å². The van der Waals surface area contributed by atoms with Gasteiger partial charge in [0.25, 0.3) is 0 Å². The van der Waals surface area contributed by atoms with Crippen LogP contribution in [0.5, 0.6) is 0 Å². The highest BCUT2D eigenvalue weighted by atomic mass is 16.6. The van der Waals surface area contributed by atoms with Crippen molar-refractivity contribution in [2.45, 2.75) is 72.1 Å². The average Bonchev–Trinajstić information content (AvgIpc) is 2.20. The molecule has 1 rings (SSSR count). The van der Waals surface area contributed by atoms with Crippen molar-refractivity contribution >= 4 is 12.0 Å². The fraction of sp³-hybridized carbons (Fsp3) is 0.867. The number of alkyl carbamates (subject to hydrolysis) is 1. The molecule has 1 atom stereocenters. The first kappa shape index (κ1) is 16.8. The van der Waals surface area contributed by atoms with Gasteiger partial charge in [-0.25, -0.2) is 4.79 Å². The van der Waals surface area contributed by atoms with Crippen molar-refractivity contribution in [1.29, 1.82) is 0 Å². The first-order chi connectivity index (χ1) is 9.08. The van der Waals surface area contributed by atoms with Gasteiger partial charge in [0.1, 0.15) is 11.6 Å². The average molecular weight is 284 g/mol. The molecular weight excluding hydrogens is 256 g/mol. The summed E-state index contributed by atoms with van der Waals surface area (Å²) in [5, 5.41) is 5.65. The van der Waals surface area contributed by atoms with E-state index in [0.29, 0.717) is 5.92 Å². The SMILES string of the molecule is CC1CC(NC(=O)C(NC(=O)OC(C)(C)C)C(C)C)C1. The number of ether oxygens (including phenoxy) is 1. The van der Waals surface area contributed by atoms with Gasteiger partial charge < -0.3 is 15.4 Å². The van der Waals surface area contributed by atoms with Crippen molar-refractivity contribution in [1.82, 2.24) is 10.6 Å². The first-order valence-corrected chi connectivity index (χ1v) is 7.38. The Balaban J connectivity index is 2.51. The third-order valence-electron chi connectivity index (χ3n) is 3.34. The van der Waals surface area contributed by atoms with Crippen LogP contribution in [0.25, 0.3) is 0 Å². The Morgan fingerprint density at radius 1 is 1.20 bits per heavy atom. The van der Waals surface area contributed by atoms with Crippen molar-refractivity contribution < 1.29 is 14.3 Å². The summed E-state index contributed by atoms with van der Waals surface area (Å²) in [7, 11) is 0. The molecule has 20 heavy (non-hydrogen) atoms. The van der Waals surface area contributed by atoms with E-state index in [2.05, 4.69) is 17.6 Å². The zero-order valence-corrected chi connectivity index (χ0v) is 13.4. The highest BCUT2D eigenvalue weighted by molar-refractivity contribution is 5.86. The van der Waals surface area contributed by atoms with Crippen LogP contribution in [0.15, 0.2) is 0 Å². The van der Waals surface area contributed by atoms with E-state index in [-0.39, 0.29) is 17.9 Å². The third-order valence-corrected chi connectivity index (χ3v) is 3.34. The maximum absolute atomic E-state index is 12.2. The van der Waals surface area contributed by atoms with Gasteiger partial charge in [-0.3, -0.25) is 4.79 Å². The Kier molecular flexibility index (Phi) is 5.42. The standard InChI is InChI=1S/C15H28N2O3/c1-9(2)12(17-14(19)20-15(4,5)6)13(18)16-11-7-10(3)8-11/h9-12H,7-8H2,1-6H3,(H,16,18)(H,17,19). The van der Waals surface area contributed by atoms with Crippen LogP contribution in [-0.4, -0.2) is 29.7 Å². The zero-order chi connectivity index (χ0) is 15.5. The lowest BCUT2D eigenvalue weighted by Gasteiger charge is -2.35. The number of rotatable bonds is 4. The quantitative estimate of drug-likeness (QED) is 0.833. The van der Waals surface area contributed by atoms with Crippen LogP contribution in [0.2, 0.25) is 0 Å². The van der Waals surface area contributed by atoms with E-state index in [9.17, 15) is 9.59 Å². The van der Waals surface area contributed by atoms with E-state index < -0.39 is 17.7 Å². The van der Waals surface area contributed by atoms with Crippen molar-refractivity contribution in [3.63, 3.8) is 0 Å². The molecule has 0 aliphatic heterocycles. The van der Waals surface area contributed by atoms with Gasteiger partial charge in [0.2, 0.25) is 5.91 Å². The van der Waals surface area contributed by atoms with Crippen molar-refractivity contribution in [2.24, 2.45) is 11.8 Å². The maximum Gasteiger partial charge on any atom is 0.408 e. The maximum atomic E-state index is 12.2. The second kappa shape index (κ2) is 6.46. The summed E-state index contributed by atoms with van der Waals surface area (Å²) in [6, 6.07) is -0.306. The summed E-state index contributed by atoms with van der Waals surface area (Å²) >= 11 is 0. The number of carbonyl (C=O) groups is 2. The molecule has 2 amide bonds. The van der Waals surface area contributed by atoms with E-state index in [1.54, 1.807) is 20.8 Å². The van der Waals surface area contributed by atoms with Crippen LogP contribution in [0.4, 0.5) is 4.79 Å². The van der Waals surface area contributed by atoms with Crippen LogP contribution in [0.3, 0.4) is 0 Å². The molecule has 0 aromatic carbocycles. The summed E-state index contributed by atoms with van der Waals surface area (Å²) in [5.41, 5.74) is -0.564. The molecule has 0 spiro atoms. The van der Waals surface area contributed by atoms with Crippen molar-refractivity contribution in [3.05, 3.63) is 0 Å². The number of nitrogens with one attached hydrogen (secondary N) is 2. The summed E-state index contributed by atoms with van der Waals surface area (Å²) in [6.07, 6.45) is 1.49. The number of hydrogen-bond acceptors (Lipinski definition) is 3. The fourth-order valence-corrected chi connectivity index (χ4v) is 2.28. The number of carbonyl (C=O) groups excluding carboxylic acids is 2. The van der Waals surface area contributed by atoms with Crippen LogP contribution in [0, 0.1) is 11.8 Å². The molecule has 5 nitrogen and oxygen atoms in total. The molecule has 1 aliphatic carbocycles. The van der Waals surface area contributed by atoms with Crippen LogP contribution in [0.1, 0.15) is 54.4 Å². The van der Waals surface area contributed by atoms with E-state index >= 15 is 0 Å². The van der Waals surface area contributed by atoms with Crippen LogP contribution in [-0.2, 0) is 9.53 Å². The molecule has 1 unspecified atom stereocenters. The fourth-order valence-electron chi connectivity index (χ4n) is 2.28. The largest absolute Gasteiger partial charge is 0.444 e. The third kappa shape index (κ3) is 5.39. The topological polar surface area (TPSA) is 67.4 Å². The molecule has 5 heteroatoms. The highest BCUT2D eigenvalue weighted by Gasteiger charge is 2.32. The predicted molar refractivity (Wildman–Crippen MR) is 78.3 cm³/mol. The highest BCUT2D eigenvalue weighted by Crippen LogP contribution is 2.26. The molecule has 116 valence electrons. The lowest BCUT2D eigenvalue weighted by molar-refractivity contribution is -0.125. The molecule has 0 heterocycles. The Labute approximate surface area is 121 Å². The summed E-state index contributed by atoms with van der Waals surface area (Å²) in [6.45, 7) is 11.4. The van der Waals surface area contributed by atoms with Gasteiger partial charge in [-0.1, -0.05) is 20.8 Å². The number of amides is 2. The van der Waals surface area contributed by atoms with Gasteiger partial charge >= 0.3 is 6.09 Å². The summed E-state index contributed by atoms with van der Waals surface area (Å²) in [5.74, 6) is 0.569. The Morgan fingerprint density at radius 2 is 1.75 bits per heavy atom. The van der Waals surface area contributed by atoms with Gasteiger partial charge in [0.05, 0.1) is 0 Å². The second-order valence-electron chi connectivity index (χ2n) is 7.15. The molecule has 1 aliphatic rings. The minimum atomic E-state index is -0.564. The van der Waals surface area contributed by atoms with E-state index in [1.807, 2.05) is 13.8 Å². The van der Waals surface area contributed by atoms with Crippen molar-refractivity contribution in [2.75, 3.05) is 0 Å². The minimum absolute atomic E-state index is 0.0139. The second-order valence-corrected chi connectivity index (χ2v) is 7.15. The molecule has 0 bridgehead atoms. The predicted octanol–water partition coefficient (Wildman–Crippen LogP) is 2.45. The smallest absolute Gasteiger partial charge is 0.408 e. The van der Waals surface area contributed by atoms with Crippen LogP contribution < -0.4 is 10.6 Å². The minimum Gasteiger partial charge on any atom is -0.444 e. The molecule has 1 fully saturated rings. The molecule has 0 radical (unpaired) electrons. The van der Waals surface area contributed by atoms with Gasteiger partial charge in [-0.2, -0.15) is 0 Å². The summed E-state index contributed by atoms with van der Waals surface area (Å²) < 4.78 is 5.20. The molecule has 2 N–H and O–H groups in total. The van der Waals surface area contributed by atoms with E-state index in [1.165, 1.54) is 0 Å². The molecule has 0 saturated heterocycles. The molecule has 0 aromatic rings. The van der Waals surface area contributed by atoms with Gasteiger partial charge in [0, 0.05) is 6.04 Å². The van der Waals surface area contributed by atoms with Crippen LogP contribution >= 0.6 is 0 Å². The zero-order valence-electron chi connectivity index (χ0n) is 13.4. The molecule has 0 aromatic heterocycles. The lowest BCUT2D eigenvalue weighted by Crippen LogP contribution is -2.55. The Morgan fingerprint density at radius 3 is 2.15 bits per heavy atom. The normalized spacial score (nSPS) is 23.8.